The van der Waals surface area contributed by atoms with Gasteiger partial charge in [-0.25, -0.2) is 14.6 Å². The lowest BCUT2D eigenvalue weighted by molar-refractivity contribution is -0.385. The molecule has 0 aliphatic rings. The van der Waals surface area contributed by atoms with Crippen LogP contribution in [0, 0.1) is 30.9 Å². The van der Waals surface area contributed by atoms with Crippen LogP contribution in [-0.2, 0) is 0 Å². The summed E-state index contributed by atoms with van der Waals surface area (Å²) in [6, 6.07) is 11.5. The quantitative estimate of drug-likeness (QED) is 0.271. The van der Waals surface area contributed by atoms with Gasteiger partial charge in [-0.2, -0.15) is 14.9 Å². The fraction of sp³-hybridized carbons (Fsp3) is 0.125. The zero-order valence-electron chi connectivity index (χ0n) is 19.4. The molecule has 12 heteroatoms. The van der Waals surface area contributed by atoms with Crippen molar-refractivity contribution in [2.24, 2.45) is 0 Å². The molecule has 1 N–H and O–H groups in total. The van der Waals surface area contributed by atoms with Gasteiger partial charge < -0.3 is 5.32 Å². The summed E-state index contributed by atoms with van der Waals surface area (Å²) in [7, 11) is 0. The van der Waals surface area contributed by atoms with Gasteiger partial charge in [-0.1, -0.05) is 29.3 Å². The summed E-state index contributed by atoms with van der Waals surface area (Å²) >= 11 is 5.99. The highest BCUT2D eigenvalue weighted by Crippen LogP contribution is 2.27. The first kappa shape index (κ1) is 23.1. The number of aromatic nitrogens is 6. The molecular weight excluding hydrogens is 484 g/mol. The van der Waals surface area contributed by atoms with Crippen LogP contribution < -0.4 is 5.32 Å². The Bertz CT molecular complexity index is 1670. The number of nitrogens with zero attached hydrogens (tertiary/aromatic N) is 7. The van der Waals surface area contributed by atoms with Gasteiger partial charge in [0.05, 0.1) is 27.9 Å². The van der Waals surface area contributed by atoms with Gasteiger partial charge in [0, 0.05) is 17.2 Å². The van der Waals surface area contributed by atoms with Gasteiger partial charge in [-0.15, -0.1) is 0 Å². The molecule has 2 aromatic carbocycles. The lowest BCUT2D eigenvalue weighted by atomic mass is 10.1. The average molecular weight is 503 g/mol. The Kier molecular flexibility index (Phi) is 5.69. The first-order valence-electron chi connectivity index (χ1n) is 10.8. The summed E-state index contributed by atoms with van der Waals surface area (Å²) in [6.45, 7) is 5.77. The van der Waals surface area contributed by atoms with Crippen LogP contribution >= 0.6 is 11.6 Å². The monoisotopic (exact) mass is 502 g/mol. The first-order valence-corrected chi connectivity index (χ1v) is 11.2. The second-order valence-corrected chi connectivity index (χ2v) is 8.67. The number of hydrogen-bond donors (Lipinski definition) is 1. The van der Waals surface area contributed by atoms with E-state index in [-0.39, 0.29) is 22.1 Å². The zero-order valence-corrected chi connectivity index (χ0v) is 20.2. The summed E-state index contributed by atoms with van der Waals surface area (Å²) in [5.41, 5.74) is 3.66. The number of nitro benzene ring substituents is 1. The topological polar surface area (TPSA) is 134 Å². The van der Waals surface area contributed by atoms with Crippen molar-refractivity contribution in [3.63, 3.8) is 0 Å². The molecule has 0 saturated carbocycles. The molecular formula is C24H19ClN8O3. The maximum atomic E-state index is 13.0. The van der Waals surface area contributed by atoms with Crippen LogP contribution in [0.1, 0.15) is 27.2 Å². The minimum atomic E-state index is -0.707. The molecule has 1 amide bonds. The number of benzene rings is 2. The number of rotatable bonds is 5. The van der Waals surface area contributed by atoms with Crippen LogP contribution in [0.15, 0.2) is 55.0 Å². The standard InChI is InChI=1S/C24H19ClN8O3/c1-13-4-6-19(14(2)8-13)31-22-18(11-28-31)23(27-12-26-22)32-21(9-15(3)30-32)29-24(34)17-10-16(25)5-7-20(17)33(35)36/h4-12H,1-3H3,(H,29,34). The van der Waals surface area contributed by atoms with E-state index in [1.54, 1.807) is 23.9 Å². The lowest BCUT2D eigenvalue weighted by Gasteiger charge is -2.10. The van der Waals surface area contributed by atoms with Gasteiger partial charge in [0.25, 0.3) is 11.6 Å². The number of carbonyl (C=O) groups excluding carboxylic acids is 1. The molecule has 0 fully saturated rings. The van der Waals surface area contributed by atoms with Crippen molar-refractivity contribution in [1.29, 1.82) is 0 Å². The minimum absolute atomic E-state index is 0.173. The van der Waals surface area contributed by atoms with Crippen molar-refractivity contribution in [3.05, 3.63) is 92.5 Å². The smallest absolute Gasteiger partial charge is 0.282 e. The maximum Gasteiger partial charge on any atom is 0.282 e. The van der Waals surface area contributed by atoms with Crippen LogP contribution in [0.5, 0.6) is 0 Å². The van der Waals surface area contributed by atoms with E-state index in [0.717, 1.165) is 16.8 Å². The van der Waals surface area contributed by atoms with Crippen molar-refractivity contribution in [2.45, 2.75) is 20.8 Å². The van der Waals surface area contributed by atoms with Crippen molar-refractivity contribution < 1.29 is 9.72 Å². The Morgan fingerprint density at radius 1 is 1.06 bits per heavy atom. The second kappa shape index (κ2) is 8.86. The largest absolute Gasteiger partial charge is 0.306 e. The average Bonchev–Trinajstić information content (AvgIpc) is 3.42. The second-order valence-electron chi connectivity index (χ2n) is 8.24. The number of halogens is 1. The highest BCUT2D eigenvalue weighted by molar-refractivity contribution is 6.31. The molecule has 5 aromatic rings. The summed E-state index contributed by atoms with van der Waals surface area (Å²) < 4.78 is 3.17. The van der Waals surface area contributed by atoms with Gasteiger partial charge in [-0.3, -0.25) is 14.9 Å². The Hall–Kier alpha value is -4.64. The molecule has 0 saturated heterocycles. The molecule has 3 heterocycles. The zero-order chi connectivity index (χ0) is 25.6. The molecule has 3 aromatic heterocycles. The van der Waals surface area contributed by atoms with E-state index in [1.807, 2.05) is 26.0 Å². The number of amides is 1. The Morgan fingerprint density at radius 2 is 1.86 bits per heavy atom. The number of nitro groups is 1. The summed E-state index contributed by atoms with van der Waals surface area (Å²) in [5, 5.41) is 23.9. The number of nitrogens with one attached hydrogen (secondary N) is 1. The van der Waals surface area contributed by atoms with Gasteiger partial charge in [0.2, 0.25) is 0 Å². The van der Waals surface area contributed by atoms with Crippen molar-refractivity contribution in [3.8, 4) is 11.5 Å². The predicted molar refractivity (Wildman–Crippen MR) is 134 cm³/mol. The Morgan fingerprint density at radius 3 is 2.61 bits per heavy atom. The molecule has 11 nitrogen and oxygen atoms in total. The molecule has 0 atom stereocenters. The molecule has 180 valence electrons. The van der Waals surface area contributed by atoms with Crippen LogP contribution in [-0.4, -0.2) is 40.4 Å². The highest BCUT2D eigenvalue weighted by atomic mass is 35.5. The van der Waals surface area contributed by atoms with Crippen molar-refractivity contribution in [2.75, 3.05) is 5.32 Å². The molecule has 0 aliphatic carbocycles. The third-order valence-electron chi connectivity index (χ3n) is 5.60. The third kappa shape index (κ3) is 4.05. The number of anilines is 1. The Labute approximate surface area is 209 Å². The fourth-order valence-electron chi connectivity index (χ4n) is 4.00. The predicted octanol–water partition coefficient (Wildman–Crippen LogP) is 4.74. The lowest BCUT2D eigenvalue weighted by Crippen LogP contribution is -2.17. The minimum Gasteiger partial charge on any atom is -0.306 e. The van der Waals surface area contributed by atoms with Gasteiger partial charge in [-0.05, 0) is 44.5 Å². The van der Waals surface area contributed by atoms with Gasteiger partial charge >= 0.3 is 0 Å². The summed E-state index contributed by atoms with van der Waals surface area (Å²) in [4.78, 5) is 32.6. The Balaban J connectivity index is 1.58. The van der Waals surface area contributed by atoms with Crippen molar-refractivity contribution >= 4 is 40.0 Å². The maximum absolute atomic E-state index is 13.0. The van der Waals surface area contributed by atoms with Gasteiger partial charge in [0.1, 0.15) is 17.7 Å². The molecule has 36 heavy (non-hydrogen) atoms. The number of carbonyl (C=O) groups is 1. The van der Waals surface area contributed by atoms with E-state index in [9.17, 15) is 14.9 Å². The molecule has 5 rings (SSSR count). The van der Waals surface area contributed by atoms with E-state index in [4.69, 9.17) is 11.6 Å². The molecule has 0 aliphatic heterocycles. The molecule has 0 bridgehead atoms. The van der Waals surface area contributed by atoms with Crippen LogP contribution in [0.3, 0.4) is 0 Å². The van der Waals surface area contributed by atoms with Crippen LogP contribution in [0.2, 0.25) is 5.02 Å². The van der Waals surface area contributed by atoms with Crippen LogP contribution in [0.25, 0.3) is 22.5 Å². The summed E-state index contributed by atoms with van der Waals surface area (Å²) in [6.07, 6.45) is 3.03. The van der Waals surface area contributed by atoms with Crippen LogP contribution in [0.4, 0.5) is 11.5 Å². The highest BCUT2D eigenvalue weighted by Gasteiger charge is 2.23. The number of hydrogen-bond acceptors (Lipinski definition) is 7. The van der Waals surface area contributed by atoms with E-state index in [2.05, 4.69) is 31.5 Å². The fourth-order valence-corrected chi connectivity index (χ4v) is 4.17. The third-order valence-corrected chi connectivity index (χ3v) is 5.83. The summed E-state index contributed by atoms with van der Waals surface area (Å²) in [5.74, 6) is -0.0485. The first-order chi connectivity index (χ1) is 17.2. The SMILES string of the molecule is Cc1ccc(-n2ncc3c(-n4nc(C)cc4NC(=O)c4cc(Cl)ccc4[N+](=O)[O-])ncnc32)c(C)c1. The van der Waals surface area contributed by atoms with E-state index in [1.165, 1.54) is 29.2 Å². The van der Waals surface area contributed by atoms with E-state index in [0.29, 0.717) is 22.5 Å². The van der Waals surface area contributed by atoms with Gasteiger partial charge in [0.15, 0.2) is 11.5 Å². The normalized spacial score (nSPS) is 11.1. The number of fused-ring (bicyclic) bond motifs is 1. The van der Waals surface area contributed by atoms with Crippen molar-refractivity contribution in [1.82, 2.24) is 29.5 Å². The van der Waals surface area contributed by atoms with E-state index < -0.39 is 10.8 Å². The van der Waals surface area contributed by atoms with E-state index >= 15 is 0 Å². The molecule has 0 unspecified atom stereocenters. The number of aryl methyl sites for hydroxylation is 3. The molecule has 0 spiro atoms. The molecule has 0 radical (unpaired) electrons.